The largest absolute Gasteiger partial charge is 0.573 e. The normalized spacial score (nSPS) is 19.1. The molecule has 1 atom stereocenters. The molecule has 0 saturated heterocycles. The van der Waals surface area contributed by atoms with Gasteiger partial charge in [-0.25, -0.2) is 4.98 Å². The third kappa shape index (κ3) is 8.51. The molecule has 2 aromatic rings. The van der Waals surface area contributed by atoms with Crippen LogP contribution >= 0.6 is 0 Å². The molecule has 1 aliphatic carbocycles. The monoisotopic (exact) mass is 498 g/mol. The molecule has 10 nitrogen and oxygen atoms in total. The smallest absolute Gasteiger partial charge is 0.405 e. The summed E-state index contributed by atoms with van der Waals surface area (Å²) >= 11 is 0. The first-order valence-electron chi connectivity index (χ1n) is 11.3. The average molecular weight is 499 g/mol. The van der Waals surface area contributed by atoms with Crippen molar-refractivity contribution in [1.82, 2.24) is 15.3 Å². The van der Waals surface area contributed by atoms with Crippen LogP contribution in [0.4, 0.5) is 30.6 Å². The number of benzene rings is 1. The molecule has 13 heteroatoms. The number of aromatic nitrogens is 2. The van der Waals surface area contributed by atoms with Crippen LogP contribution in [-0.2, 0) is 6.54 Å². The standard InChI is InChI=1S/C22H29F3N6O4/c1-14(32)10-26-17-8-6-15(7-9-17)11-27-20-18(31(33)34)13-29-21(30-20)28-12-16-4-2-3-5-19(16)35-22(23,24)25/h2-5,13-15,17,26,32H,6-12H2,1H3,(H2,27,28,29,30). The van der Waals surface area contributed by atoms with Crippen molar-refractivity contribution >= 4 is 17.5 Å². The van der Waals surface area contributed by atoms with E-state index < -0.39 is 17.4 Å². The number of nitrogens with one attached hydrogen (secondary N) is 3. The van der Waals surface area contributed by atoms with Crippen LogP contribution in [0.5, 0.6) is 5.75 Å². The van der Waals surface area contributed by atoms with Crippen LogP contribution in [0.25, 0.3) is 0 Å². The fourth-order valence-corrected chi connectivity index (χ4v) is 3.92. The van der Waals surface area contributed by atoms with Gasteiger partial charge in [0, 0.05) is 31.2 Å². The number of nitro groups is 1. The predicted molar refractivity (Wildman–Crippen MR) is 123 cm³/mol. The third-order valence-electron chi connectivity index (χ3n) is 5.71. The molecule has 4 N–H and O–H groups in total. The zero-order valence-corrected chi connectivity index (χ0v) is 19.2. The number of halogens is 3. The molecule has 0 bridgehead atoms. The first-order valence-corrected chi connectivity index (χ1v) is 11.3. The van der Waals surface area contributed by atoms with E-state index in [1.165, 1.54) is 18.2 Å². The van der Waals surface area contributed by atoms with Gasteiger partial charge in [-0.2, -0.15) is 4.98 Å². The topological polar surface area (TPSA) is 134 Å². The van der Waals surface area contributed by atoms with Crippen molar-refractivity contribution in [3.05, 3.63) is 46.1 Å². The van der Waals surface area contributed by atoms with Crippen molar-refractivity contribution in [2.45, 2.75) is 57.7 Å². The average Bonchev–Trinajstić information content (AvgIpc) is 2.80. The summed E-state index contributed by atoms with van der Waals surface area (Å²) in [6.07, 6.45) is -0.444. The minimum atomic E-state index is -4.83. The van der Waals surface area contributed by atoms with Gasteiger partial charge >= 0.3 is 12.0 Å². The van der Waals surface area contributed by atoms with Crippen molar-refractivity contribution in [2.75, 3.05) is 23.7 Å². The summed E-state index contributed by atoms with van der Waals surface area (Å²) < 4.78 is 41.9. The van der Waals surface area contributed by atoms with E-state index in [1.807, 2.05) is 0 Å². The Hall–Kier alpha value is -3.19. The number of aliphatic hydroxyl groups excluding tert-OH is 1. The van der Waals surface area contributed by atoms with E-state index in [1.54, 1.807) is 13.0 Å². The second-order valence-corrected chi connectivity index (χ2v) is 8.55. The van der Waals surface area contributed by atoms with Crippen LogP contribution in [0.1, 0.15) is 38.2 Å². The maximum absolute atomic E-state index is 12.6. The molecule has 0 aliphatic heterocycles. The molecule has 1 heterocycles. The lowest BCUT2D eigenvalue weighted by Crippen LogP contribution is -2.38. The highest BCUT2D eigenvalue weighted by Crippen LogP contribution is 2.29. The Kier molecular flexibility index (Phi) is 9.04. The fourth-order valence-electron chi connectivity index (χ4n) is 3.92. The highest BCUT2D eigenvalue weighted by atomic mass is 19.4. The molecule has 1 unspecified atom stereocenters. The van der Waals surface area contributed by atoms with E-state index >= 15 is 0 Å². The van der Waals surface area contributed by atoms with Gasteiger partial charge in [0.2, 0.25) is 11.8 Å². The predicted octanol–water partition coefficient (Wildman–Crippen LogP) is 3.84. The molecule has 0 spiro atoms. The molecule has 1 aromatic carbocycles. The van der Waals surface area contributed by atoms with Crippen molar-refractivity contribution in [2.24, 2.45) is 5.92 Å². The van der Waals surface area contributed by atoms with Gasteiger partial charge in [0.05, 0.1) is 11.0 Å². The van der Waals surface area contributed by atoms with Crippen molar-refractivity contribution in [3.63, 3.8) is 0 Å². The van der Waals surface area contributed by atoms with Gasteiger partial charge in [0.1, 0.15) is 11.9 Å². The summed E-state index contributed by atoms with van der Waals surface area (Å²) in [5.74, 6) is 0.0240. The number of para-hydroxylation sites is 1. The maximum atomic E-state index is 12.6. The molecule has 35 heavy (non-hydrogen) atoms. The minimum Gasteiger partial charge on any atom is -0.405 e. The zero-order valence-electron chi connectivity index (χ0n) is 19.2. The Balaban J connectivity index is 1.60. The number of hydrogen-bond donors (Lipinski definition) is 4. The second-order valence-electron chi connectivity index (χ2n) is 8.55. The summed E-state index contributed by atoms with van der Waals surface area (Å²) in [5, 5.41) is 30.0. The van der Waals surface area contributed by atoms with E-state index in [0.717, 1.165) is 31.9 Å². The van der Waals surface area contributed by atoms with Crippen molar-refractivity contribution in [1.29, 1.82) is 0 Å². The fraction of sp³-hybridized carbons (Fsp3) is 0.545. The maximum Gasteiger partial charge on any atom is 0.573 e. The Labute approximate surface area is 200 Å². The van der Waals surface area contributed by atoms with E-state index in [-0.39, 0.29) is 35.3 Å². The number of alkyl halides is 3. The lowest BCUT2D eigenvalue weighted by molar-refractivity contribution is -0.384. The lowest BCUT2D eigenvalue weighted by atomic mass is 9.86. The van der Waals surface area contributed by atoms with Crippen molar-refractivity contribution in [3.8, 4) is 5.75 Å². The SMILES string of the molecule is CC(O)CNC1CCC(CNc2nc(NCc3ccccc3OC(F)(F)F)ncc2[N+](=O)[O-])CC1. The van der Waals surface area contributed by atoms with E-state index in [4.69, 9.17) is 0 Å². The summed E-state index contributed by atoms with van der Waals surface area (Å²) in [7, 11) is 0. The van der Waals surface area contributed by atoms with Crippen LogP contribution in [0.3, 0.4) is 0 Å². The highest BCUT2D eigenvalue weighted by molar-refractivity contribution is 5.57. The molecule has 1 aliphatic rings. The van der Waals surface area contributed by atoms with E-state index in [9.17, 15) is 28.4 Å². The molecule has 192 valence electrons. The third-order valence-corrected chi connectivity index (χ3v) is 5.71. The molecule has 0 radical (unpaired) electrons. The van der Waals surface area contributed by atoms with Gasteiger partial charge in [0.25, 0.3) is 0 Å². The minimum absolute atomic E-state index is 0.0333. The zero-order chi connectivity index (χ0) is 25.4. The quantitative estimate of drug-likeness (QED) is 0.269. The molecule has 1 aromatic heterocycles. The first-order chi connectivity index (χ1) is 16.6. The van der Waals surface area contributed by atoms with Gasteiger partial charge in [-0.05, 0) is 44.6 Å². The second kappa shape index (κ2) is 12.0. The van der Waals surface area contributed by atoms with Gasteiger partial charge < -0.3 is 25.8 Å². The number of anilines is 2. The van der Waals surface area contributed by atoms with Gasteiger partial charge in [-0.15, -0.1) is 13.2 Å². The Morgan fingerprint density at radius 1 is 1.23 bits per heavy atom. The molecular formula is C22H29F3N6O4. The van der Waals surface area contributed by atoms with Crippen LogP contribution < -0.4 is 20.7 Å². The van der Waals surface area contributed by atoms with Gasteiger partial charge in [-0.1, -0.05) is 18.2 Å². The van der Waals surface area contributed by atoms with Crippen LogP contribution in [0.15, 0.2) is 30.5 Å². The number of nitrogens with zero attached hydrogens (tertiary/aromatic N) is 3. The van der Waals surface area contributed by atoms with E-state index in [2.05, 4.69) is 30.7 Å². The first kappa shape index (κ1) is 26.4. The van der Waals surface area contributed by atoms with E-state index in [0.29, 0.717) is 25.0 Å². The molecule has 1 fully saturated rings. The number of hydrogen-bond acceptors (Lipinski definition) is 9. The summed E-state index contributed by atoms with van der Waals surface area (Å²) in [6, 6.07) is 5.99. The number of aliphatic hydroxyl groups is 1. The van der Waals surface area contributed by atoms with Crippen LogP contribution in [0.2, 0.25) is 0 Å². The lowest BCUT2D eigenvalue weighted by Gasteiger charge is -2.29. The number of rotatable bonds is 11. The van der Waals surface area contributed by atoms with Crippen LogP contribution in [0, 0.1) is 16.0 Å². The van der Waals surface area contributed by atoms with Crippen molar-refractivity contribution < 1.29 is 27.9 Å². The summed E-state index contributed by atoms with van der Waals surface area (Å²) in [5.41, 5.74) is -0.0640. The molecular weight excluding hydrogens is 469 g/mol. The van der Waals surface area contributed by atoms with Gasteiger partial charge in [0.15, 0.2) is 0 Å². The Morgan fingerprint density at radius 2 is 1.94 bits per heavy atom. The van der Waals surface area contributed by atoms with Gasteiger partial charge in [-0.3, -0.25) is 10.1 Å². The molecule has 3 rings (SSSR count). The number of ether oxygens (including phenoxy) is 1. The summed E-state index contributed by atoms with van der Waals surface area (Å²) in [6.45, 7) is 2.69. The highest BCUT2D eigenvalue weighted by Gasteiger charge is 2.32. The Bertz CT molecular complexity index is 984. The Morgan fingerprint density at radius 3 is 2.60 bits per heavy atom. The molecule has 0 amide bonds. The molecule has 1 saturated carbocycles. The van der Waals surface area contributed by atoms with Crippen LogP contribution in [-0.4, -0.2) is 51.6 Å². The summed E-state index contributed by atoms with van der Waals surface area (Å²) in [4.78, 5) is 18.9.